The van der Waals surface area contributed by atoms with Crippen LogP contribution in [0, 0.1) is 10.1 Å². The Morgan fingerprint density at radius 1 is 0.840 bits per heavy atom. The van der Waals surface area contributed by atoms with Crippen molar-refractivity contribution in [1.29, 1.82) is 0 Å². The molecular weight excluding hydrogens is 320 g/mol. The van der Waals surface area contributed by atoms with Crippen LogP contribution >= 0.6 is 0 Å². The molecule has 3 rings (SSSR count). The van der Waals surface area contributed by atoms with E-state index in [2.05, 4.69) is 0 Å². The summed E-state index contributed by atoms with van der Waals surface area (Å²) in [5, 5.41) is 10.6. The Bertz CT molecular complexity index is 796. The number of hydrogen-bond acceptors (Lipinski definition) is 4. The van der Waals surface area contributed by atoms with Gasteiger partial charge in [0.1, 0.15) is 11.5 Å². The van der Waals surface area contributed by atoms with Crippen LogP contribution in [0.1, 0.15) is 6.42 Å². The fourth-order valence-electron chi connectivity index (χ4n) is 2.32. The van der Waals surface area contributed by atoms with Crippen LogP contribution < -0.4 is 9.47 Å². The smallest absolute Gasteiger partial charge is 0.269 e. The Kier molecular flexibility index (Phi) is 5.31. The van der Waals surface area contributed by atoms with E-state index >= 15 is 0 Å². The van der Waals surface area contributed by atoms with Crippen LogP contribution in [0.25, 0.3) is 5.69 Å². The Hall–Kier alpha value is -3.28. The number of nitrogens with zero attached hydrogens (tertiary/aromatic N) is 2. The van der Waals surface area contributed by atoms with Crippen molar-refractivity contribution in [2.24, 2.45) is 0 Å². The van der Waals surface area contributed by atoms with E-state index in [0.29, 0.717) is 19.0 Å². The Morgan fingerprint density at radius 2 is 1.36 bits per heavy atom. The number of rotatable bonds is 8. The Labute approximate surface area is 145 Å². The van der Waals surface area contributed by atoms with E-state index in [1.54, 1.807) is 12.1 Å². The van der Waals surface area contributed by atoms with Crippen LogP contribution in [-0.4, -0.2) is 22.7 Å². The number of aromatic nitrogens is 1. The van der Waals surface area contributed by atoms with Crippen molar-refractivity contribution in [3.63, 3.8) is 0 Å². The third-order valence-electron chi connectivity index (χ3n) is 3.61. The van der Waals surface area contributed by atoms with Gasteiger partial charge in [-0.3, -0.25) is 10.1 Å². The molecule has 6 nitrogen and oxygen atoms in total. The maximum absolute atomic E-state index is 10.6. The molecule has 2 aromatic carbocycles. The summed E-state index contributed by atoms with van der Waals surface area (Å²) in [5.41, 5.74) is 1.14. The van der Waals surface area contributed by atoms with Gasteiger partial charge >= 0.3 is 0 Å². The molecule has 0 saturated carbocycles. The predicted octanol–water partition coefficient (Wildman–Crippen LogP) is 4.23. The molecule has 25 heavy (non-hydrogen) atoms. The number of hydrogen-bond donors (Lipinski definition) is 0. The molecule has 1 heterocycles. The molecule has 0 bridgehead atoms. The molecule has 0 spiro atoms. The highest BCUT2D eigenvalue weighted by molar-refractivity contribution is 5.38. The minimum Gasteiger partial charge on any atom is -0.493 e. The zero-order chi connectivity index (χ0) is 17.5. The molecule has 0 aliphatic carbocycles. The molecule has 0 unspecified atom stereocenters. The molecular formula is C19H18N2O4. The third kappa shape index (κ3) is 4.60. The molecule has 128 valence electrons. The van der Waals surface area contributed by atoms with Gasteiger partial charge in [-0.1, -0.05) is 0 Å². The molecule has 0 amide bonds. The summed E-state index contributed by atoms with van der Waals surface area (Å²) < 4.78 is 13.3. The van der Waals surface area contributed by atoms with Crippen molar-refractivity contribution in [3.05, 3.63) is 83.2 Å². The summed E-state index contributed by atoms with van der Waals surface area (Å²) >= 11 is 0. The molecule has 0 aliphatic heterocycles. The van der Waals surface area contributed by atoms with Gasteiger partial charge in [0.15, 0.2) is 0 Å². The molecule has 0 N–H and O–H groups in total. The third-order valence-corrected chi connectivity index (χ3v) is 3.61. The van der Waals surface area contributed by atoms with Crippen LogP contribution in [0.15, 0.2) is 73.1 Å². The predicted molar refractivity (Wildman–Crippen MR) is 94.5 cm³/mol. The second-order valence-corrected chi connectivity index (χ2v) is 5.39. The van der Waals surface area contributed by atoms with Gasteiger partial charge in [0.05, 0.1) is 18.1 Å². The number of ether oxygens (including phenoxy) is 2. The first-order valence-corrected chi connectivity index (χ1v) is 7.96. The minimum atomic E-state index is -0.431. The van der Waals surface area contributed by atoms with Crippen molar-refractivity contribution >= 4 is 5.69 Å². The van der Waals surface area contributed by atoms with Gasteiger partial charge < -0.3 is 14.0 Å². The number of nitro groups is 1. The standard InChI is InChI=1S/C19H18N2O4/c22-21(23)17-6-10-19(11-7-17)25-15-3-14-24-18-8-4-16(5-9-18)20-12-1-2-13-20/h1-2,4-13H,3,14-15H2. The molecule has 0 aliphatic rings. The summed E-state index contributed by atoms with van der Waals surface area (Å²) in [5.74, 6) is 1.42. The van der Waals surface area contributed by atoms with Crippen LogP contribution in [0.3, 0.4) is 0 Å². The lowest BCUT2D eigenvalue weighted by Gasteiger charge is -2.09. The highest BCUT2D eigenvalue weighted by Crippen LogP contribution is 2.18. The molecule has 6 heteroatoms. The maximum atomic E-state index is 10.6. The van der Waals surface area contributed by atoms with E-state index in [0.717, 1.165) is 17.9 Å². The molecule has 0 atom stereocenters. The summed E-state index contributed by atoms with van der Waals surface area (Å²) in [4.78, 5) is 10.1. The van der Waals surface area contributed by atoms with E-state index in [9.17, 15) is 10.1 Å². The van der Waals surface area contributed by atoms with E-state index in [-0.39, 0.29) is 5.69 Å². The van der Waals surface area contributed by atoms with Crippen molar-refractivity contribution in [1.82, 2.24) is 4.57 Å². The fourth-order valence-corrected chi connectivity index (χ4v) is 2.32. The van der Waals surface area contributed by atoms with E-state index in [1.165, 1.54) is 12.1 Å². The van der Waals surface area contributed by atoms with Crippen molar-refractivity contribution < 1.29 is 14.4 Å². The lowest BCUT2D eigenvalue weighted by Crippen LogP contribution is -2.05. The van der Waals surface area contributed by atoms with Crippen molar-refractivity contribution in [2.45, 2.75) is 6.42 Å². The minimum absolute atomic E-state index is 0.0547. The van der Waals surface area contributed by atoms with Gasteiger partial charge in [0, 0.05) is 36.6 Å². The quantitative estimate of drug-likeness (QED) is 0.350. The first kappa shape index (κ1) is 16.6. The van der Waals surface area contributed by atoms with Gasteiger partial charge in [-0.2, -0.15) is 0 Å². The Balaban J connectivity index is 1.39. The Morgan fingerprint density at radius 3 is 1.88 bits per heavy atom. The summed E-state index contributed by atoms with van der Waals surface area (Å²) in [6.07, 6.45) is 4.70. The van der Waals surface area contributed by atoms with Gasteiger partial charge in [0.2, 0.25) is 0 Å². The summed E-state index contributed by atoms with van der Waals surface area (Å²) in [7, 11) is 0. The van der Waals surface area contributed by atoms with Crippen molar-refractivity contribution in [2.75, 3.05) is 13.2 Å². The molecule has 1 aromatic heterocycles. The monoisotopic (exact) mass is 338 g/mol. The van der Waals surface area contributed by atoms with Crippen molar-refractivity contribution in [3.8, 4) is 17.2 Å². The van der Waals surface area contributed by atoms with Crippen LogP contribution in [-0.2, 0) is 0 Å². The largest absolute Gasteiger partial charge is 0.493 e. The van der Waals surface area contributed by atoms with Gasteiger partial charge in [-0.15, -0.1) is 0 Å². The molecule has 0 fully saturated rings. The summed E-state index contributed by atoms with van der Waals surface area (Å²) in [6.45, 7) is 1.02. The summed E-state index contributed by atoms with van der Waals surface area (Å²) in [6, 6.07) is 17.9. The van der Waals surface area contributed by atoms with Gasteiger partial charge in [-0.25, -0.2) is 0 Å². The lowest BCUT2D eigenvalue weighted by molar-refractivity contribution is -0.384. The first-order valence-electron chi connectivity index (χ1n) is 7.96. The second kappa shape index (κ2) is 8.01. The topological polar surface area (TPSA) is 66.5 Å². The number of non-ortho nitro benzene ring substituents is 1. The lowest BCUT2D eigenvalue weighted by atomic mass is 10.3. The van der Waals surface area contributed by atoms with Crippen LogP contribution in [0.4, 0.5) is 5.69 Å². The maximum Gasteiger partial charge on any atom is 0.269 e. The second-order valence-electron chi connectivity index (χ2n) is 5.39. The van der Waals surface area contributed by atoms with E-state index < -0.39 is 4.92 Å². The average molecular weight is 338 g/mol. The zero-order valence-corrected chi connectivity index (χ0v) is 13.6. The van der Waals surface area contributed by atoms with Gasteiger partial charge in [0.25, 0.3) is 5.69 Å². The van der Waals surface area contributed by atoms with Crippen LogP contribution in [0.5, 0.6) is 11.5 Å². The number of nitro benzene ring substituents is 1. The molecule has 0 saturated heterocycles. The molecule has 0 radical (unpaired) electrons. The van der Waals surface area contributed by atoms with E-state index in [4.69, 9.17) is 9.47 Å². The van der Waals surface area contributed by atoms with Crippen LogP contribution in [0.2, 0.25) is 0 Å². The number of benzene rings is 2. The molecule has 3 aromatic rings. The first-order chi connectivity index (χ1) is 12.2. The highest BCUT2D eigenvalue weighted by atomic mass is 16.6. The normalized spacial score (nSPS) is 10.4. The van der Waals surface area contributed by atoms with E-state index in [1.807, 2.05) is 53.4 Å². The highest BCUT2D eigenvalue weighted by Gasteiger charge is 2.04. The average Bonchev–Trinajstić information content (AvgIpc) is 3.17. The SMILES string of the molecule is O=[N+]([O-])c1ccc(OCCCOc2ccc(-n3cccc3)cc2)cc1. The van der Waals surface area contributed by atoms with Gasteiger partial charge in [-0.05, 0) is 48.5 Å². The zero-order valence-electron chi connectivity index (χ0n) is 13.6. The fraction of sp³-hybridized carbons (Fsp3) is 0.158.